The van der Waals surface area contributed by atoms with Crippen LogP contribution in [0.5, 0.6) is 23.0 Å². The normalized spacial score (nSPS) is 15.4. The number of ether oxygens (including phenoxy) is 4. The zero-order valence-electron chi connectivity index (χ0n) is 20.2. The number of hydrogen-bond donors (Lipinski definition) is 2. The predicted octanol–water partition coefficient (Wildman–Crippen LogP) is 4.13. The van der Waals surface area contributed by atoms with E-state index in [1.165, 1.54) is 37.5 Å². The number of carbonyl (C=O) groups excluding carboxylic acids is 3. The highest BCUT2D eigenvalue weighted by Crippen LogP contribution is 2.38. The summed E-state index contributed by atoms with van der Waals surface area (Å²) < 4.78 is 22.4. The fourth-order valence-corrected chi connectivity index (χ4v) is 4.40. The molecular formula is C27H19BrN2O9. The first kappa shape index (κ1) is 25.8. The van der Waals surface area contributed by atoms with Crippen molar-refractivity contribution in [2.75, 3.05) is 18.8 Å². The van der Waals surface area contributed by atoms with Crippen LogP contribution in [0.25, 0.3) is 6.08 Å². The second kappa shape index (κ2) is 10.5. The lowest BCUT2D eigenvalue weighted by Crippen LogP contribution is -2.54. The van der Waals surface area contributed by atoms with Crippen molar-refractivity contribution < 1.29 is 43.2 Å². The topological polar surface area (TPSA) is 141 Å². The van der Waals surface area contributed by atoms with Crippen LogP contribution in [-0.2, 0) is 16.2 Å². The second-order valence-electron chi connectivity index (χ2n) is 8.31. The summed E-state index contributed by atoms with van der Waals surface area (Å²) in [6.45, 7) is 0.0880. The van der Waals surface area contributed by atoms with Gasteiger partial charge in [0.05, 0.1) is 18.4 Å². The van der Waals surface area contributed by atoms with Crippen molar-refractivity contribution in [1.82, 2.24) is 5.32 Å². The first-order valence-corrected chi connectivity index (χ1v) is 12.2. The highest BCUT2D eigenvalue weighted by Gasteiger charge is 2.37. The molecule has 0 bridgehead atoms. The van der Waals surface area contributed by atoms with Gasteiger partial charge in [-0.15, -0.1) is 0 Å². The van der Waals surface area contributed by atoms with Crippen molar-refractivity contribution in [1.29, 1.82) is 0 Å². The van der Waals surface area contributed by atoms with E-state index in [1.807, 2.05) is 0 Å². The van der Waals surface area contributed by atoms with Gasteiger partial charge in [-0.3, -0.25) is 14.9 Å². The molecule has 11 nitrogen and oxygen atoms in total. The molecule has 2 heterocycles. The van der Waals surface area contributed by atoms with Crippen LogP contribution in [0.3, 0.4) is 0 Å². The molecule has 0 aromatic heterocycles. The third-order valence-corrected chi connectivity index (χ3v) is 6.55. The van der Waals surface area contributed by atoms with Crippen molar-refractivity contribution in [2.24, 2.45) is 0 Å². The number of hydrogen-bond acceptors (Lipinski definition) is 8. The van der Waals surface area contributed by atoms with Gasteiger partial charge in [0.2, 0.25) is 6.79 Å². The number of methoxy groups -OCH3 is 1. The van der Waals surface area contributed by atoms with E-state index >= 15 is 0 Å². The van der Waals surface area contributed by atoms with E-state index in [0.29, 0.717) is 38.6 Å². The molecule has 3 aromatic carbocycles. The summed E-state index contributed by atoms with van der Waals surface area (Å²) in [5, 5.41) is 11.4. The third-order valence-electron chi connectivity index (χ3n) is 5.87. The predicted molar refractivity (Wildman–Crippen MR) is 140 cm³/mol. The van der Waals surface area contributed by atoms with Gasteiger partial charge in [0.1, 0.15) is 12.2 Å². The lowest BCUT2D eigenvalue weighted by Gasteiger charge is -2.26. The number of carboxylic acids is 1. The Labute approximate surface area is 229 Å². The zero-order valence-corrected chi connectivity index (χ0v) is 21.8. The molecule has 198 valence electrons. The fourth-order valence-electron chi connectivity index (χ4n) is 3.96. The average molecular weight is 595 g/mol. The van der Waals surface area contributed by atoms with Crippen LogP contribution >= 0.6 is 15.9 Å². The van der Waals surface area contributed by atoms with Crippen molar-refractivity contribution >= 4 is 51.5 Å². The van der Waals surface area contributed by atoms with Crippen LogP contribution in [0, 0.1) is 0 Å². The maximum absolute atomic E-state index is 13.3. The number of amides is 4. The number of urea groups is 1. The number of carboxylic acid groups (broad SMARTS) is 1. The number of barbiturate groups is 1. The molecule has 39 heavy (non-hydrogen) atoms. The van der Waals surface area contributed by atoms with Crippen molar-refractivity contribution in [3.8, 4) is 23.0 Å². The second-order valence-corrected chi connectivity index (χ2v) is 9.17. The molecule has 3 aromatic rings. The average Bonchev–Trinajstić information content (AvgIpc) is 3.39. The number of carbonyl (C=O) groups is 4. The van der Waals surface area contributed by atoms with Crippen LogP contribution in [0.15, 0.2) is 64.6 Å². The van der Waals surface area contributed by atoms with Crippen LogP contribution < -0.4 is 29.2 Å². The van der Waals surface area contributed by atoms with Crippen molar-refractivity contribution in [3.05, 3.63) is 81.3 Å². The third kappa shape index (κ3) is 5.14. The maximum Gasteiger partial charge on any atom is 0.335 e. The molecule has 2 aliphatic heterocycles. The Morgan fingerprint density at radius 1 is 1.08 bits per heavy atom. The van der Waals surface area contributed by atoms with E-state index in [0.717, 1.165) is 4.90 Å². The van der Waals surface area contributed by atoms with Gasteiger partial charge in [0.25, 0.3) is 11.8 Å². The fraction of sp³-hybridized carbons (Fsp3) is 0.111. The van der Waals surface area contributed by atoms with E-state index in [2.05, 4.69) is 21.2 Å². The Morgan fingerprint density at radius 2 is 1.87 bits per heavy atom. The standard InChI is InChI=1S/C27H19BrN2O9/c1-36-21-9-16(19(28)11-23(21)37-12-14-3-2-4-15(7-14)26(33)34)8-18-24(31)29-27(35)30(25(18)32)17-5-6-20-22(10-17)39-13-38-20/h2-11H,12-13H2,1H3,(H,33,34)(H,29,31,35)/b18-8+. The molecule has 12 heteroatoms. The smallest absolute Gasteiger partial charge is 0.335 e. The molecule has 4 amide bonds. The largest absolute Gasteiger partial charge is 0.493 e. The zero-order chi connectivity index (χ0) is 27.7. The molecule has 1 saturated heterocycles. The van der Waals surface area contributed by atoms with E-state index in [4.69, 9.17) is 18.9 Å². The van der Waals surface area contributed by atoms with E-state index < -0.39 is 23.8 Å². The van der Waals surface area contributed by atoms with Gasteiger partial charge in [-0.1, -0.05) is 28.1 Å². The monoisotopic (exact) mass is 594 g/mol. The number of fused-ring (bicyclic) bond motifs is 1. The number of halogens is 1. The minimum atomic E-state index is -1.05. The minimum absolute atomic E-state index is 0.0207. The number of benzene rings is 3. The van der Waals surface area contributed by atoms with Crippen molar-refractivity contribution in [3.63, 3.8) is 0 Å². The quantitative estimate of drug-likeness (QED) is 0.305. The van der Waals surface area contributed by atoms with Crippen LogP contribution in [-0.4, -0.2) is 42.8 Å². The summed E-state index contributed by atoms with van der Waals surface area (Å²) in [4.78, 5) is 50.6. The summed E-state index contributed by atoms with van der Waals surface area (Å²) in [6.07, 6.45) is 1.33. The molecule has 0 spiro atoms. The molecule has 2 N–H and O–H groups in total. The number of rotatable bonds is 7. The summed E-state index contributed by atoms with van der Waals surface area (Å²) in [5.41, 5.74) is 1.10. The Kier molecular flexibility index (Phi) is 6.94. The molecular weight excluding hydrogens is 576 g/mol. The molecule has 1 fully saturated rings. The lowest BCUT2D eigenvalue weighted by molar-refractivity contribution is -0.122. The van der Waals surface area contributed by atoms with Gasteiger partial charge < -0.3 is 24.1 Å². The first-order valence-electron chi connectivity index (χ1n) is 11.4. The van der Waals surface area contributed by atoms with Gasteiger partial charge in [-0.25, -0.2) is 14.5 Å². The Balaban J connectivity index is 1.42. The number of nitrogens with one attached hydrogen (secondary N) is 1. The Bertz CT molecular complexity index is 1570. The highest BCUT2D eigenvalue weighted by molar-refractivity contribution is 9.10. The van der Waals surface area contributed by atoms with Gasteiger partial charge in [0, 0.05) is 10.5 Å². The number of aromatic carboxylic acids is 1. The summed E-state index contributed by atoms with van der Waals surface area (Å²) in [5.74, 6) is -1.25. The molecule has 0 atom stereocenters. The van der Waals surface area contributed by atoms with Gasteiger partial charge in [-0.05, 0) is 53.6 Å². The van der Waals surface area contributed by atoms with E-state index in [9.17, 15) is 24.3 Å². The molecule has 0 aliphatic carbocycles. The van der Waals surface area contributed by atoms with Crippen LogP contribution in [0.2, 0.25) is 0 Å². The summed E-state index contributed by atoms with van der Waals surface area (Å²) in [6, 6.07) is 13.1. The van der Waals surface area contributed by atoms with Crippen molar-refractivity contribution in [2.45, 2.75) is 6.61 Å². The maximum atomic E-state index is 13.3. The molecule has 0 radical (unpaired) electrons. The van der Waals surface area contributed by atoms with E-state index in [-0.39, 0.29) is 30.2 Å². The van der Waals surface area contributed by atoms with E-state index in [1.54, 1.807) is 30.3 Å². The van der Waals surface area contributed by atoms with Gasteiger partial charge >= 0.3 is 12.0 Å². The Hall–Kier alpha value is -4.84. The number of nitrogens with zero attached hydrogens (tertiary/aromatic N) is 1. The van der Waals surface area contributed by atoms with Gasteiger partial charge in [0.15, 0.2) is 23.0 Å². The first-order chi connectivity index (χ1) is 18.7. The van der Waals surface area contributed by atoms with Gasteiger partial charge in [-0.2, -0.15) is 0 Å². The lowest BCUT2D eigenvalue weighted by atomic mass is 10.1. The molecule has 2 aliphatic rings. The van der Waals surface area contributed by atoms with Crippen LogP contribution in [0.1, 0.15) is 21.5 Å². The van der Waals surface area contributed by atoms with Crippen LogP contribution in [0.4, 0.5) is 10.5 Å². The highest BCUT2D eigenvalue weighted by atomic mass is 79.9. The number of anilines is 1. The summed E-state index contributed by atoms with van der Waals surface area (Å²) in [7, 11) is 1.43. The SMILES string of the molecule is COc1cc(/C=C2\C(=O)NC(=O)N(c3ccc4c(c3)OCO4)C2=O)c(Br)cc1OCc1cccc(C(=O)O)c1. The summed E-state index contributed by atoms with van der Waals surface area (Å²) >= 11 is 3.43. The molecule has 5 rings (SSSR count). The molecule has 0 unspecified atom stereocenters. The number of imide groups is 2. The molecule has 0 saturated carbocycles. The Morgan fingerprint density at radius 3 is 2.64 bits per heavy atom. The minimum Gasteiger partial charge on any atom is -0.493 e.